The van der Waals surface area contributed by atoms with Crippen molar-refractivity contribution in [1.29, 1.82) is 0 Å². The van der Waals surface area contributed by atoms with E-state index in [0.717, 1.165) is 11.4 Å². The fourth-order valence-electron chi connectivity index (χ4n) is 2.41. The Bertz CT molecular complexity index is 957. The van der Waals surface area contributed by atoms with Crippen molar-refractivity contribution in [1.82, 2.24) is 24.3 Å². The lowest BCUT2D eigenvalue weighted by atomic mass is 10.2. The number of fused-ring (bicyclic) bond motifs is 1. The zero-order valence-electron chi connectivity index (χ0n) is 12.3. The smallest absolute Gasteiger partial charge is 0.283 e. The first kappa shape index (κ1) is 13.3. The summed E-state index contributed by atoms with van der Waals surface area (Å²) in [6, 6.07) is 3.24. The lowest BCUT2D eigenvalue weighted by molar-refractivity contribution is 0.780. The topological polar surface area (TPSA) is 85.6 Å². The summed E-state index contributed by atoms with van der Waals surface area (Å²) in [5.41, 5.74) is 2.22. The van der Waals surface area contributed by atoms with Gasteiger partial charge in [-0.2, -0.15) is 4.68 Å². The highest BCUT2D eigenvalue weighted by Crippen LogP contribution is 2.11. The predicted molar refractivity (Wildman–Crippen MR) is 78.9 cm³/mol. The van der Waals surface area contributed by atoms with Crippen LogP contribution in [0.1, 0.15) is 17.1 Å². The third kappa shape index (κ3) is 1.97. The van der Waals surface area contributed by atoms with Crippen molar-refractivity contribution in [2.75, 3.05) is 0 Å². The van der Waals surface area contributed by atoms with E-state index < -0.39 is 0 Å². The van der Waals surface area contributed by atoms with Crippen LogP contribution in [0.2, 0.25) is 0 Å². The highest BCUT2D eigenvalue weighted by Gasteiger charge is 2.15. The van der Waals surface area contributed by atoms with Crippen LogP contribution < -0.4 is 11.1 Å². The van der Waals surface area contributed by atoms with Crippen molar-refractivity contribution in [2.45, 2.75) is 20.8 Å². The van der Waals surface area contributed by atoms with Crippen molar-refractivity contribution in [3.63, 3.8) is 0 Å². The van der Waals surface area contributed by atoms with Gasteiger partial charge in [0.15, 0.2) is 0 Å². The highest BCUT2D eigenvalue weighted by molar-refractivity contribution is 5.80. The number of nitrogens with zero attached hydrogens (tertiary/aromatic N) is 4. The molecular formula is C14H15N5O2. The Labute approximate surface area is 119 Å². The number of aromatic amines is 1. The molecule has 0 aliphatic rings. The van der Waals surface area contributed by atoms with Crippen LogP contribution in [-0.4, -0.2) is 24.3 Å². The second kappa shape index (κ2) is 4.41. The molecular weight excluding hydrogens is 270 g/mol. The van der Waals surface area contributed by atoms with Gasteiger partial charge in [-0.05, 0) is 26.8 Å². The minimum Gasteiger partial charge on any atom is -0.315 e. The zero-order chi connectivity index (χ0) is 15.3. The minimum absolute atomic E-state index is 0.172. The summed E-state index contributed by atoms with van der Waals surface area (Å²) in [6.45, 7) is 5.42. The summed E-state index contributed by atoms with van der Waals surface area (Å²) >= 11 is 0. The van der Waals surface area contributed by atoms with Gasteiger partial charge in [0.2, 0.25) is 0 Å². The van der Waals surface area contributed by atoms with E-state index in [1.165, 1.54) is 15.3 Å². The van der Waals surface area contributed by atoms with Gasteiger partial charge < -0.3 is 4.57 Å². The van der Waals surface area contributed by atoms with E-state index in [0.29, 0.717) is 16.6 Å². The van der Waals surface area contributed by atoms with Crippen LogP contribution in [0.4, 0.5) is 0 Å². The molecule has 1 N–H and O–H groups in total. The molecule has 108 valence electrons. The normalized spacial score (nSPS) is 11.2. The summed E-state index contributed by atoms with van der Waals surface area (Å²) in [7, 11) is 1.64. The Kier molecular flexibility index (Phi) is 2.79. The van der Waals surface area contributed by atoms with Crippen LogP contribution in [0.25, 0.3) is 16.9 Å². The SMILES string of the molecule is Cc1cc(C)nc(-n2[nH]c3cc(=O)n(C)c(C)c3c2=O)n1. The van der Waals surface area contributed by atoms with E-state index in [-0.39, 0.29) is 17.1 Å². The maximum Gasteiger partial charge on any atom is 0.283 e. The summed E-state index contributed by atoms with van der Waals surface area (Å²) in [5, 5.41) is 3.38. The van der Waals surface area contributed by atoms with Crippen molar-refractivity contribution < 1.29 is 0 Å². The van der Waals surface area contributed by atoms with Crippen LogP contribution in [0.5, 0.6) is 0 Å². The van der Waals surface area contributed by atoms with E-state index in [9.17, 15) is 9.59 Å². The molecule has 3 aromatic heterocycles. The molecule has 3 aromatic rings. The van der Waals surface area contributed by atoms with Gasteiger partial charge >= 0.3 is 0 Å². The lowest BCUT2D eigenvalue weighted by Gasteiger charge is -2.02. The lowest BCUT2D eigenvalue weighted by Crippen LogP contribution is -2.21. The van der Waals surface area contributed by atoms with E-state index in [4.69, 9.17) is 0 Å². The summed E-state index contributed by atoms with van der Waals surface area (Å²) in [6.07, 6.45) is 0. The molecule has 0 unspecified atom stereocenters. The number of aromatic nitrogens is 5. The Hall–Kier alpha value is -2.70. The third-order valence-corrected chi connectivity index (χ3v) is 3.55. The van der Waals surface area contributed by atoms with Crippen molar-refractivity contribution in [2.24, 2.45) is 7.05 Å². The van der Waals surface area contributed by atoms with Crippen LogP contribution in [0.15, 0.2) is 21.7 Å². The van der Waals surface area contributed by atoms with Crippen molar-refractivity contribution >= 4 is 10.9 Å². The summed E-state index contributed by atoms with van der Waals surface area (Å²) in [5.74, 6) is 0.281. The largest absolute Gasteiger partial charge is 0.315 e. The second-order valence-electron chi connectivity index (χ2n) is 5.12. The molecule has 0 aliphatic carbocycles. The van der Waals surface area contributed by atoms with Gasteiger partial charge in [0.05, 0.1) is 10.9 Å². The van der Waals surface area contributed by atoms with Crippen molar-refractivity contribution in [3.05, 3.63) is 49.9 Å². The maximum atomic E-state index is 12.6. The molecule has 0 spiro atoms. The highest BCUT2D eigenvalue weighted by atomic mass is 16.1. The molecule has 3 heterocycles. The second-order valence-corrected chi connectivity index (χ2v) is 5.12. The molecule has 0 fully saturated rings. The zero-order valence-corrected chi connectivity index (χ0v) is 12.3. The Morgan fingerprint density at radius 2 is 1.67 bits per heavy atom. The number of nitrogens with one attached hydrogen (secondary N) is 1. The third-order valence-electron chi connectivity index (χ3n) is 3.55. The standard InChI is InChI=1S/C14H15N5O2/c1-7-5-8(2)16-14(15-7)19-13(21)12-9(3)18(4)11(20)6-10(12)17-19/h5-6,17H,1-4H3. The number of hydrogen-bond donors (Lipinski definition) is 1. The van der Waals surface area contributed by atoms with E-state index in [1.807, 2.05) is 19.9 Å². The van der Waals surface area contributed by atoms with Crippen LogP contribution in [0.3, 0.4) is 0 Å². The van der Waals surface area contributed by atoms with Crippen LogP contribution >= 0.6 is 0 Å². The first-order valence-electron chi connectivity index (χ1n) is 6.52. The van der Waals surface area contributed by atoms with E-state index in [1.54, 1.807) is 14.0 Å². The molecule has 0 aromatic carbocycles. The van der Waals surface area contributed by atoms with Crippen LogP contribution in [0, 0.1) is 20.8 Å². The minimum atomic E-state index is -0.261. The van der Waals surface area contributed by atoms with Gasteiger partial charge in [-0.15, -0.1) is 0 Å². The summed E-state index contributed by atoms with van der Waals surface area (Å²) in [4.78, 5) is 32.9. The average Bonchev–Trinajstić information content (AvgIpc) is 2.72. The van der Waals surface area contributed by atoms with Crippen molar-refractivity contribution in [3.8, 4) is 5.95 Å². The molecule has 0 bridgehead atoms. The maximum absolute atomic E-state index is 12.6. The first-order chi connectivity index (χ1) is 9.88. The Morgan fingerprint density at radius 3 is 2.29 bits per heavy atom. The molecule has 3 rings (SSSR count). The Balaban J connectivity index is 2.40. The number of hydrogen-bond acceptors (Lipinski definition) is 4. The molecule has 0 saturated heterocycles. The number of aryl methyl sites for hydroxylation is 3. The quantitative estimate of drug-likeness (QED) is 0.714. The molecule has 7 heteroatoms. The van der Waals surface area contributed by atoms with Gasteiger partial charge in [-0.1, -0.05) is 0 Å². The van der Waals surface area contributed by atoms with Gasteiger partial charge in [-0.25, -0.2) is 9.97 Å². The van der Waals surface area contributed by atoms with Gasteiger partial charge in [-0.3, -0.25) is 14.7 Å². The molecule has 7 nitrogen and oxygen atoms in total. The van der Waals surface area contributed by atoms with Gasteiger partial charge in [0.25, 0.3) is 17.1 Å². The van der Waals surface area contributed by atoms with Gasteiger partial charge in [0.1, 0.15) is 0 Å². The molecule has 0 radical (unpaired) electrons. The molecule has 0 atom stereocenters. The number of H-pyrrole nitrogens is 1. The fraction of sp³-hybridized carbons (Fsp3) is 0.286. The number of pyridine rings is 1. The molecule has 0 aliphatic heterocycles. The first-order valence-corrected chi connectivity index (χ1v) is 6.52. The molecule has 0 saturated carbocycles. The fourth-order valence-corrected chi connectivity index (χ4v) is 2.41. The van der Waals surface area contributed by atoms with Crippen LogP contribution in [-0.2, 0) is 7.05 Å². The average molecular weight is 285 g/mol. The predicted octanol–water partition coefficient (Wildman–Crippen LogP) is 0.733. The summed E-state index contributed by atoms with van der Waals surface area (Å²) < 4.78 is 2.72. The number of rotatable bonds is 1. The molecule has 0 amide bonds. The monoisotopic (exact) mass is 285 g/mol. The van der Waals surface area contributed by atoms with E-state index in [2.05, 4.69) is 15.1 Å². The molecule has 21 heavy (non-hydrogen) atoms. The Morgan fingerprint density at radius 1 is 1.05 bits per heavy atom. The van der Waals surface area contributed by atoms with E-state index >= 15 is 0 Å². The van der Waals surface area contributed by atoms with Gasteiger partial charge in [0, 0.05) is 30.2 Å².